The van der Waals surface area contributed by atoms with E-state index in [4.69, 9.17) is 16.3 Å². The van der Waals surface area contributed by atoms with Crippen LogP contribution < -0.4 is 0 Å². The van der Waals surface area contributed by atoms with Gasteiger partial charge in [-0.1, -0.05) is 44.5 Å². The molecule has 1 N–H and O–H groups in total. The molecule has 1 aromatic carbocycles. The Balaban J connectivity index is 1.39. The number of pyridine rings is 2. The number of benzene rings is 1. The Morgan fingerprint density at radius 2 is 1.76 bits per heavy atom. The van der Waals surface area contributed by atoms with E-state index in [1.807, 2.05) is 31.5 Å². The molecule has 2 aliphatic heterocycles. The topological polar surface area (TPSA) is 61.8 Å². The van der Waals surface area contributed by atoms with Crippen LogP contribution in [0, 0.1) is 6.92 Å². The average Bonchev–Trinajstić information content (AvgIpc) is 3.61. The summed E-state index contributed by atoms with van der Waals surface area (Å²) in [5.41, 5.74) is 7.25. The van der Waals surface area contributed by atoms with Gasteiger partial charge < -0.3 is 9.84 Å². The summed E-state index contributed by atoms with van der Waals surface area (Å²) in [6, 6.07) is 12.6. The Morgan fingerprint density at radius 3 is 2.47 bits per heavy atom. The molecule has 2 aromatic heterocycles. The first-order chi connectivity index (χ1) is 16.2. The van der Waals surface area contributed by atoms with Gasteiger partial charge in [0.1, 0.15) is 12.3 Å². The molecule has 2 saturated heterocycles. The summed E-state index contributed by atoms with van der Waals surface area (Å²) in [5, 5.41) is 10.4. The highest BCUT2D eigenvalue weighted by Gasteiger charge is 2.45. The number of nitrogens with zero attached hydrogens (tertiary/aromatic N) is 3. The summed E-state index contributed by atoms with van der Waals surface area (Å²) < 4.78 is 5.98. The number of aliphatic hydroxyl groups is 1. The van der Waals surface area contributed by atoms with Crippen molar-refractivity contribution in [3.63, 3.8) is 0 Å². The number of hydrogen-bond acceptors (Lipinski definition) is 5. The third kappa shape index (κ3) is 4.76. The monoisotopic (exact) mass is 477 g/mol. The van der Waals surface area contributed by atoms with Gasteiger partial charge in [-0.2, -0.15) is 0 Å². The number of halogens is 1. The number of aromatic nitrogens is 2. The van der Waals surface area contributed by atoms with Gasteiger partial charge in [0.15, 0.2) is 0 Å². The molecule has 0 radical (unpaired) electrons. The van der Waals surface area contributed by atoms with Crippen molar-refractivity contribution >= 4 is 11.6 Å². The van der Waals surface area contributed by atoms with Crippen molar-refractivity contribution in [3.05, 3.63) is 70.8 Å². The fraction of sp³-hybridized carbons (Fsp3) is 0.429. The van der Waals surface area contributed by atoms with E-state index in [1.54, 1.807) is 0 Å². The van der Waals surface area contributed by atoms with Gasteiger partial charge in [0.05, 0.1) is 6.10 Å². The number of likely N-dealkylation sites (tertiary alicyclic amines) is 1. The molecular weight excluding hydrogens is 446 g/mol. The van der Waals surface area contributed by atoms with Crippen LogP contribution in [-0.2, 0) is 10.2 Å². The van der Waals surface area contributed by atoms with Gasteiger partial charge in [0.25, 0.3) is 0 Å². The Morgan fingerprint density at radius 1 is 1.00 bits per heavy atom. The lowest BCUT2D eigenvalue weighted by Crippen LogP contribution is -2.37. The van der Waals surface area contributed by atoms with E-state index in [2.05, 4.69) is 59.9 Å². The summed E-state index contributed by atoms with van der Waals surface area (Å²) in [4.78, 5) is 11.6. The van der Waals surface area contributed by atoms with Gasteiger partial charge in [-0.25, -0.2) is 0 Å². The molecule has 0 amide bonds. The van der Waals surface area contributed by atoms with Crippen molar-refractivity contribution in [2.45, 2.75) is 64.4 Å². The zero-order valence-corrected chi connectivity index (χ0v) is 21.0. The SMILES string of the molecule is Cc1ncc(-c2ccc(C3OC3N3CCC(O)CC3)cc2Cl)cc1-c1ccnc(C(C)(C)C)c1. The lowest BCUT2D eigenvalue weighted by molar-refractivity contribution is 0.0591. The van der Waals surface area contributed by atoms with Gasteiger partial charge in [-0.05, 0) is 55.2 Å². The maximum Gasteiger partial charge on any atom is 0.142 e. The minimum absolute atomic E-state index is 0.0230. The molecule has 178 valence electrons. The molecule has 0 bridgehead atoms. The van der Waals surface area contributed by atoms with Crippen LogP contribution in [0.5, 0.6) is 0 Å². The van der Waals surface area contributed by atoms with E-state index in [-0.39, 0.29) is 23.9 Å². The number of aryl methyl sites for hydroxylation is 1. The summed E-state index contributed by atoms with van der Waals surface area (Å²) in [6.07, 6.45) is 5.34. The van der Waals surface area contributed by atoms with Crippen molar-refractivity contribution in [1.29, 1.82) is 0 Å². The summed E-state index contributed by atoms with van der Waals surface area (Å²) >= 11 is 6.77. The standard InChI is InChI=1S/C28H32ClN3O2/c1-17-23(18-7-10-30-25(15-18)28(2,3)4)13-20(16-31-17)22-6-5-19(14-24(22)29)26-27(34-26)32-11-8-21(33)9-12-32/h5-7,10,13-16,21,26-27,33H,8-9,11-12H2,1-4H3. The minimum Gasteiger partial charge on any atom is -0.393 e. The highest BCUT2D eigenvalue weighted by atomic mass is 35.5. The Hall–Kier alpha value is -2.31. The van der Waals surface area contributed by atoms with Crippen molar-refractivity contribution < 1.29 is 9.84 Å². The zero-order valence-electron chi connectivity index (χ0n) is 20.3. The molecule has 0 saturated carbocycles. The zero-order chi connectivity index (χ0) is 24.0. The van der Waals surface area contributed by atoms with Crippen molar-refractivity contribution in [2.75, 3.05) is 13.1 Å². The molecule has 4 heterocycles. The summed E-state index contributed by atoms with van der Waals surface area (Å²) in [6.45, 7) is 10.3. The van der Waals surface area contributed by atoms with Crippen molar-refractivity contribution in [3.8, 4) is 22.3 Å². The van der Waals surface area contributed by atoms with E-state index in [1.165, 1.54) is 0 Å². The number of epoxide rings is 1. The number of ether oxygens (including phenoxy) is 1. The fourth-order valence-electron chi connectivity index (χ4n) is 4.69. The average molecular weight is 478 g/mol. The number of rotatable bonds is 4. The van der Waals surface area contributed by atoms with Gasteiger partial charge in [0, 0.05) is 64.0 Å². The normalized spacial score (nSPS) is 21.6. The number of piperidine rings is 1. The van der Waals surface area contributed by atoms with E-state index >= 15 is 0 Å². The molecule has 0 spiro atoms. The van der Waals surface area contributed by atoms with Crippen molar-refractivity contribution in [2.24, 2.45) is 0 Å². The third-order valence-electron chi connectivity index (χ3n) is 6.89. The van der Waals surface area contributed by atoms with Crippen LogP contribution in [0.1, 0.15) is 56.7 Å². The van der Waals surface area contributed by atoms with Crippen LogP contribution in [0.3, 0.4) is 0 Å². The number of hydrogen-bond donors (Lipinski definition) is 1. The largest absolute Gasteiger partial charge is 0.393 e. The maximum absolute atomic E-state index is 9.75. The molecule has 2 aliphatic rings. The quantitative estimate of drug-likeness (QED) is 0.472. The lowest BCUT2D eigenvalue weighted by atomic mass is 9.89. The van der Waals surface area contributed by atoms with Crippen LogP contribution in [0.2, 0.25) is 5.02 Å². The molecule has 2 atom stereocenters. The third-order valence-corrected chi connectivity index (χ3v) is 7.20. The summed E-state index contributed by atoms with van der Waals surface area (Å²) in [7, 11) is 0. The van der Waals surface area contributed by atoms with Crippen LogP contribution in [0.25, 0.3) is 22.3 Å². The molecule has 5 nitrogen and oxygen atoms in total. The van der Waals surface area contributed by atoms with Gasteiger partial charge in [-0.3, -0.25) is 14.9 Å². The van der Waals surface area contributed by atoms with Gasteiger partial charge in [0.2, 0.25) is 0 Å². The second-order valence-corrected chi connectivity index (χ2v) is 10.9. The highest BCUT2D eigenvalue weighted by Crippen LogP contribution is 2.44. The smallest absolute Gasteiger partial charge is 0.142 e. The van der Waals surface area contributed by atoms with Crippen LogP contribution in [0.15, 0.2) is 48.8 Å². The molecule has 2 unspecified atom stereocenters. The predicted molar refractivity (Wildman–Crippen MR) is 136 cm³/mol. The minimum atomic E-state index is -0.178. The molecular formula is C28H32ClN3O2. The van der Waals surface area contributed by atoms with E-state index in [9.17, 15) is 5.11 Å². The molecule has 6 heteroatoms. The molecule has 5 rings (SSSR count). The second kappa shape index (κ2) is 9.04. The van der Waals surface area contributed by atoms with Crippen LogP contribution in [-0.4, -0.2) is 45.4 Å². The molecule has 3 aromatic rings. The molecule has 34 heavy (non-hydrogen) atoms. The Kier molecular flexibility index (Phi) is 6.23. The summed E-state index contributed by atoms with van der Waals surface area (Å²) in [5.74, 6) is 0. The lowest BCUT2D eigenvalue weighted by Gasteiger charge is -2.28. The first-order valence-corrected chi connectivity index (χ1v) is 12.4. The highest BCUT2D eigenvalue weighted by molar-refractivity contribution is 6.33. The first-order valence-electron chi connectivity index (χ1n) is 12.0. The predicted octanol–water partition coefficient (Wildman–Crippen LogP) is 5.92. The molecule has 2 fully saturated rings. The Labute approximate surface area is 206 Å². The fourth-order valence-corrected chi connectivity index (χ4v) is 4.99. The van der Waals surface area contributed by atoms with E-state index in [0.29, 0.717) is 5.02 Å². The Bertz CT molecular complexity index is 1200. The van der Waals surface area contributed by atoms with Crippen LogP contribution >= 0.6 is 11.6 Å². The number of aliphatic hydroxyl groups excluding tert-OH is 1. The van der Waals surface area contributed by atoms with E-state index in [0.717, 1.165) is 65.1 Å². The van der Waals surface area contributed by atoms with Crippen LogP contribution in [0.4, 0.5) is 0 Å². The van der Waals surface area contributed by atoms with Gasteiger partial charge in [-0.15, -0.1) is 0 Å². The van der Waals surface area contributed by atoms with E-state index < -0.39 is 0 Å². The van der Waals surface area contributed by atoms with Gasteiger partial charge >= 0.3 is 0 Å². The first kappa shape index (κ1) is 23.4. The maximum atomic E-state index is 9.75. The molecule has 0 aliphatic carbocycles. The van der Waals surface area contributed by atoms with Crippen molar-refractivity contribution in [1.82, 2.24) is 14.9 Å². The second-order valence-electron chi connectivity index (χ2n) is 10.5.